The molecule has 0 aromatic carbocycles. The molecule has 1 fully saturated rings. The van der Waals surface area contributed by atoms with Gasteiger partial charge in [0.1, 0.15) is 0 Å². The van der Waals surface area contributed by atoms with Crippen molar-refractivity contribution in [3.8, 4) is 0 Å². The molecule has 0 spiro atoms. The van der Waals surface area contributed by atoms with Gasteiger partial charge in [-0.2, -0.15) is 0 Å². The van der Waals surface area contributed by atoms with E-state index in [1.807, 2.05) is 0 Å². The molecule has 96 valence electrons. The van der Waals surface area contributed by atoms with E-state index < -0.39 is 0 Å². The zero-order valence-electron chi connectivity index (χ0n) is 10.5. The lowest BCUT2D eigenvalue weighted by Crippen LogP contribution is -2.41. The van der Waals surface area contributed by atoms with E-state index in [0.717, 1.165) is 19.3 Å². The molecule has 0 aliphatic heterocycles. The van der Waals surface area contributed by atoms with Crippen molar-refractivity contribution in [2.24, 2.45) is 23.5 Å². The number of nitrogens with one attached hydrogen (secondary N) is 1. The van der Waals surface area contributed by atoms with Crippen molar-refractivity contribution in [3.63, 3.8) is 0 Å². The van der Waals surface area contributed by atoms with Crippen molar-refractivity contribution < 1.29 is 4.79 Å². The minimum atomic E-state index is 0. The first-order valence-electron chi connectivity index (χ1n) is 6.06. The Hall–Kier alpha value is -0.280. The Morgan fingerprint density at radius 2 is 2.00 bits per heavy atom. The summed E-state index contributed by atoms with van der Waals surface area (Å²) in [5, 5.41) is 3.09. The van der Waals surface area contributed by atoms with Crippen molar-refractivity contribution in [1.82, 2.24) is 5.32 Å². The van der Waals surface area contributed by atoms with Crippen LogP contribution in [0.4, 0.5) is 0 Å². The number of carbonyl (C=O) groups is 1. The quantitative estimate of drug-likeness (QED) is 0.799. The normalized spacial score (nSPS) is 26.3. The number of rotatable bonds is 4. The summed E-state index contributed by atoms with van der Waals surface area (Å²) >= 11 is 0. The summed E-state index contributed by atoms with van der Waals surface area (Å²) in [6.07, 6.45) is 3.28. The van der Waals surface area contributed by atoms with Gasteiger partial charge in [-0.25, -0.2) is 0 Å². The highest BCUT2D eigenvalue weighted by atomic mass is 35.5. The van der Waals surface area contributed by atoms with Gasteiger partial charge in [0.05, 0.1) is 0 Å². The summed E-state index contributed by atoms with van der Waals surface area (Å²) in [5.74, 6) is 1.27. The SMILES string of the molecule is CC(C)C(C)NC(=O)[C@@H]1CCC[C@@H]1CN.Cl. The number of hydrogen-bond donors (Lipinski definition) is 2. The van der Waals surface area contributed by atoms with Crippen molar-refractivity contribution in [1.29, 1.82) is 0 Å². The molecule has 0 saturated heterocycles. The first kappa shape index (κ1) is 15.7. The predicted molar refractivity (Wildman–Crippen MR) is 69.6 cm³/mol. The second-order valence-electron chi connectivity index (χ2n) is 5.07. The maximum Gasteiger partial charge on any atom is 0.223 e. The van der Waals surface area contributed by atoms with Crippen LogP contribution < -0.4 is 11.1 Å². The van der Waals surface area contributed by atoms with E-state index in [9.17, 15) is 4.79 Å². The van der Waals surface area contributed by atoms with Gasteiger partial charge in [0.15, 0.2) is 0 Å². The standard InChI is InChI=1S/C12H24N2O.ClH/c1-8(2)9(3)14-12(15)11-6-4-5-10(11)7-13;/h8-11H,4-7,13H2,1-3H3,(H,14,15);1H/t9?,10-,11-;/m1./s1. The number of carbonyl (C=O) groups excluding carboxylic acids is 1. The molecule has 1 saturated carbocycles. The van der Waals surface area contributed by atoms with Gasteiger partial charge in [0.2, 0.25) is 5.91 Å². The Balaban J connectivity index is 0.00000225. The molecule has 3 N–H and O–H groups in total. The molecule has 3 atom stereocenters. The van der Waals surface area contributed by atoms with Gasteiger partial charge < -0.3 is 11.1 Å². The lowest BCUT2D eigenvalue weighted by Gasteiger charge is -2.22. The van der Waals surface area contributed by atoms with Crippen LogP contribution in [0.25, 0.3) is 0 Å². The first-order valence-corrected chi connectivity index (χ1v) is 6.06. The van der Waals surface area contributed by atoms with E-state index in [0.29, 0.717) is 18.4 Å². The van der Waals surface area contributed by atoms with Crippen LogP contribution in [0.2, 0.25) is 0 Å². The second-order valence-corrected chi connectivity index (χ2v) is 5.07. The Bertz CT molecular complexity index is 221. The molecule has 0 aromatic rings. The molecule has 1 amide bonds. The van der Waals surface area contributed by atoms with E-state index in [-0.39, 0.29) is 30.3 Å². The van der Waals surface area contributed by atoms with E-state index in [2.05, 4.69) is 26.1 Å². The van der Waals surface area contributed by atoms with Crippen LogP contribution in [-0.2, 0) is 4.79 Å². The van der Waals surface area contributed by atoms with Crippen LogP contribution in [0, 0.1) is 17.8 Å². The summed E-state index contributed by atoms with van der Waals surface area (Å²) < 4.78 is 0. The van der Waals surface area contributed by atoms with Gasteiger partial charge >= 0.3 is 0 Å². The first-order chi connectivity index (χ1) is 7.06. The van der Waals surface area contributed by atoms with Crippen LogP contribution in [0.1, 0.15) is 40.0 Å². The van der Waals surface area contributed by atoms with Gasteiger partial charge in [-0.05, 0) is 38.1 Å². The molecular formula is C12H25ClN2O. The molecule has 1 aliphatic rings. The highest BCUT2D eigenvalue weighted by Crippen LogP contribution is 2.31. The maximum atomic E-state index is 12.0. The lowest BCUT2D eigenvalue weighted by atomic mass is 9.94. The van der Waals surface area contributed by atoms with Crippen molar-refractivity contribution in [3.05, 3.63) is 0 Å². The summed E-state index contributed by atoms with van der Waals surface area (Å²) in [7, 11) is 0. The van der Waals surface area contributed by atoms with Crippen molar-refractivity contribution >= 4 is 18.3 Å². The average molecular weight is 249 g/mol. The fourth-order valence-corrected chi connectivity index (χ4v) is 2.16. The molecule has 0 radical (unpaired) electrons. The van der Waals surface area contributed by atoms with E-state index in [4.69, 9.17) is 5.73 Å². The monoisotopic (exact) mass is 248 g/mol. The highest BCUT2D eigenvalue weighted by molar-refractivity contribution is 5.85. The molecular weight excluding hydrogens is 224 g/mol. The lowest BCUT2D eigenvalue weighted by molar-refractivity contribution is -0.126. The van der Waals surface area contributed by atoms with Gasteiger partial charge in [-0.3, -0.25) is 4.79 Å². The van der Waals surface area contributed by atoms with Crippen molar-refractivity contribution in [2.45, 2.75) is 46.1 Å². The molecule has 4 heteroatoms. The summed E-state index contributed by atoms with van der Waals surface area (Å²) in [5.41, 5.74) is 5.67. The number of hydrogen-bond acceptors (Lipinski definition) is 2. The Labute approximate surface area is 105 Å². The molecule has 0 heterocycles. The number of amides is 1. The minimum absolute atomic E-state index is 0. The van der Waals surface area contributed by atoms with Gasteiger partial charge in [-0.1, -0.05) is 20.3 Å². The molecule has 0 bridgehead atoms. The largest absolute Gasteiger partial charge is 0.353 e. The number of halogens is 1. The fraction of sp³-hybridized carbons (Fsp3) is 0.917. The second kappa shape index (κ2) is 7.13. The minimum Gasteiger partial charge on any atom is -0.353 e. The Morgan fingerprint density at radius 3 is 2.50 bits per heavy atom. The fourth-order valence-electron chi connectivity index (χ4n) is 2.16. The maximum absolute atomic E-state index is 12.0. The highest BCUT2D eigenvalue weighted by Gasteiger charge is 2.32. The predicted octanol–water partition coefficient (Wildman–Crippen LogP) is 1.94. The third-order valence-electron chi connectivity index (χ3n) is 3.67. The van der Waals surface area contributed by atoms with Crippen LogP contribution in [-0.4, -0.2) is 18.5 Å². The van der Waals surface area contributed by atoms with E-state index in [1.54, 1.807) is 0 Å². The topological polar surface area (TPSA) is 55.1 Å². The summed E-state index contributed by atoms with van der Waals surface area (Å²) in [4.78, 5) is 12.0. The number of nitrogens with two attached hydrogens (primary N) is 1. The molecule has 1 unspecified atom stereocenters. The zero-order valence-corrected chi connectivity index (χ0v) is 11.3. The van der Waals surface area contributed by atoms with Crippen LogP contribution in [0.15, 0.2) is 0 Å². The molecule has 0 aromatic heterocycles. The Morgan fingerprint density at radius 1 is 1.38 bits per heavy atom. The van der Waals surface area contributed by atoms with Gasteiger partial charge in [0, 0.05) is 12.0 Å². The summed E-state index contributed by atoms with van der Waals surface area (Å²) in [6.45, 7) is 6.96. The van der Waals surface area contributed by atoms with Crippen LogP contribution in [0.5, 0.6) is 0 Å². The Kier molecular flexibility index (Phi) is 7.00. The van der Waals surface area contributed by atoms with Crippen molar-refractivity contribution in [2.75, 3.05) is 6.54 Å². The smallest absolute Gasteiger partial charge is 0.223 e. The molecule has 1 rings (SSSR count). The molecule has 1 aliphatic carbocycles. The molecule has 3 nitrogen and oxygen atoms in total. The van der Waals surface area contributed by atoms with Gasteiger partial charge in [-0.15, -0.1) is 12.4 Å². The van der Waals surface area contributed by atoms with E-state index in [1.165, 1.54) is 0 Å². The third-order valence-corrected chi connectivity index (χ3v) is 3.67. The zero-order chi connectivity index (χ0) is 11.4. The van der Waals surface area contributed by atoms with Gasteiger partial charge in [0.25, 0.3) is 0 Å². The van der Waals surface area contributed by atoms with Crippen LogP contribution >= 0.6 is 12.4 Å². The summed E-state index contributed by atoms with van der Waals surface area (Å²) in [6, 6.07) is 0.261. The van der Waals surface area contributed by atoms with E-state index >= 15 is 0 Å². The van der Waals surface area contributed by atoms with Crippen LogP contribution in [0.3, 0.4) is 0 Å². The third kappa shape index (κ3) is 3.95. The average Bonchev–Trinajstić information content (AvgIpc) is 2.64. The molecule has 16 heavy (non-hydrogen) atoms.